The Hall–Kier alpha value is -2.53. The lowest BCUT2D eigenvalue weighted by Crippen LogP contribution is -2.23. The lowest BCUT2D eigenvalue weighted by atomic mass is 10.2. The van der Waals surface area contributed by atoms with Gasteiger partial charge < -0.3 is 4.74 Å². The Morgan fingerprint density at radius 3 is 2.67 bits per heavy atom. The molecule has 0 fully saturated rings. The molecule has 3 aromatic rings. The number of thioether (sulfide) groups is 1. The molecule has 2 aromatic carbocycles. The van der Waals surface area contributed by atoms with E-state index in [1.807, 2.05) is 48.5 Å². The van der Waals surface area contributed by atoms with Crippen LogP contribution < -0.4 is 10.3 Å². The Morgan fingerprint density at radius 2 is 1.88 bits per heavy atom. The maximum Gasteiger partial charge on any atom is 0.262 e. The predicted octanol–water partition coefficient (Wildman–Crippen LogP) is 3.75. The fourth-order valence-corrected chi connectivity index (χ4v) is 3.18. The van der Waals surface area contributed by atoms with E-state index < -0.39 is 0 Å². The maximum absolute atomic E-state index is 12.6. The molecule has 24 heavy (non-hydrogen) atoms. The molecule has 0 unspecified atom stereocenters. The monoisotopic (exact) mass is 338 g/mol. The molecule has 0 atom stereocenters. The third kappa shape index (κ3) is 3.68. The number of nitrogens with zero attached hydrogens (tertiary/aromatic N) is 2. The van der Waals surface area contributed by atoms with Gasteiger partial charge in [-0.05, 0) is 24.3 Å². The second kappa shape index (κ2) is 7.84. The van der Waals surface area contributed by atoms with Gasteiger partial charge in [-0.1, -0.05) is 48.2 Å². The van der Waals surface area contributed by atoms with Crippen molar-refractivity contribution >= 4 is 22.7 Å². The number of benzene rings is 2. The van der Waals surface area contributed by atoms with Crippen molar-refractivity contribution in [3.8, 4) is 5.75 Å². The summed E-state index contributed by atoms with van der Waals surface area (Å²) in [6, 6.07) is 17.1. The first-order valence-electron chi connectivity index (χ1n) is 7.70. The van der Waals surface area contributed by atoms with Gasteiger partial charge in [-0.2, -0.15) is 0 Å². The number of hydrogen-bond donors (Lipinski definition) is 0. The Bertz CT molecular complexity index is 891. The molecule has 122 valence electrons. The van der Waals surface area contributed by atoms with Crippen LogP contribution in [0.3, 0.4) is 0 Å². The van der Waals surface area contributed by atoms with Crippen molar-refractivity contribution in [3.63, 3.8) is 0 Å². The molecule has 0 saturated heterocycles. The fraction of sp³-hybridized carbons (Fsp3) is 0.158. The van der Waals surface area contributed by atoms with E-state index in [9.17, 15) is 4.79 Å². The molecule has 0 amide bonds. The highest BCUT2D eigenvalue weighted by molar-refractivity contribution is 7.99. The van der Waals surface area contributed by atoms with E-state index in [1.54, 1.807) is 16.7 Å². The number of hydrogen-bond acceptors (Lipinski definition) is 4. The molecule has 0 radical (unpaired) electrons. The summed E-state index contributed by atoms with van der Waals surface area (Å²) in [4.78, 5) is 17.2. The van der Waals surface area contributed by atoms with E-state index in [0.29, 0.717) is 35.0 Å². The van der Waals surface area contributed by atoms with Crippen molar-refractivity contribution in [2.45, 2.75) is 11.7 Å². The van der Waals surface area contributed by atoms with Crippen LogP contribution in [-0.2, 0) is 6.54 Å². The molecule has 0 bridgehead atoms. The number of fused-ring (bicyclic) bond motifs is 1. The third-order valence-corrected chi connectivity index (χ3v) is 4.41. The van der Waals surface area contributed by atoms with E-state index in [2.05, 4.69) is 11.6 Å². The first-order valence-corrected chi connectivity index (χ1v) is 8.69. The largest absolute Gasteiger partial charge is 0.493 e. The highest BCUT2D eigenvalue weighted by Crippen LogP contribution is 2.18. The molecule has 0 spiro atoms. The molecule has 0 saturated carbocycles. The smallest absolute Gasteiger partial charge is 0.262 e. The summed E-state index contributed by atoms with van der Waals surface area (Å²) in [5.74, 6) is 1.55. The second-order valence-electron chi connectivity index (χ2n) is 5.13. The lowest BCUT2D eigenvalue weighted by Gasteiger charge is -2.11. The molecule has 1 aromatic heterocycles. The topological polar surface area (TPSA) is 44.1 Å². The van der Waals surface area contributed by atoms with Crippen LogP contribution in [0.4, 0.5) is 0 Å². The summed E-state index contributed by atoms with van der Waals surface area (Å²) in [7, 11) is 0. The van der Waals surface area contributed by atoms with Gasteiger partial charge in [0.1, 0.15) is 5.75 Å². The summed E-state index contributed by atoms with van der Waals surface area (Å²) in [6.07, 6.45) is 1.71. The number of allylic oxidation sites excluding steroid dienone is 1. The molecular weight excluding hydrogens is 320 g/mol. The molecule has 0 aliphatic rings. The highest BCUT2D eigenvalue weighted by atomic mass is 32.2. The van der Waals surface area contributed by atoms with Gasteiger partial charge in [-0.3, -0.25) is 9.36 Å². The molecule has 5 heteroatoms. The van der Waals surface area contributed by atoms with E-state index in [-0.39, 0.29) is 5.56 Å². The normalized spacial score (nSPS) is 10.7. The first-order chi connectivity index (χ1) is 11.8. The van der Waals surface area contributed by atoms with Gasteiger partial charge in [0.25, 0.3) is 5.56 Å². The third-order valence-electron chi connectivity index (χ3n) is 3.46. The van der Waals surface area contributed by atoms with Crippen LogP contribution in [0.15, 0.2) is 77.2 Å². The maximum atomic E-state index is 12.6. The average Bonchev–Trinajstić information content (AvgIpc) is 2.63. The first kappa shape index (κ1) is 16.3. The minimum atomic E-state index is -0.0352. The zero-order valence-corrected chi connectivity index (χ0v) is 14.0. The minimum Gasteiger partial charge on any atom is -0.493 e. The summed E-state index contributed by atoms with van der Waals surface area (Å²) in [6.45, 7) is 4.72. The second-order valence-corrected chi connectivity index (χ2v) is 6.19. The molecule has 1 heterocycles. The van der Waals surface area contributed by atoms with E-state index in [0.717, 1.165) is 5.75 Å². The number of aromatic nitrogens is 2. The molecule has 3 rings (SSSR count). The van der Waals surface area contributed by atoms with Crippen molar-refractivity contribution < 1.29 is 4.74 Å². The van der Waals surface area contributed by atoms with Crippen LogP contribution in [-0.4, -0.2) is 21.9 Å². The van der Waals surface area contributed by atoms with Crippen LogP contribution in [0.1, 0.15) is 0 Å². The van der Waals surface area contributed by atoms with Crippen LogP contribution in [0.2, 0.25) is 0 Å². The molecule has 0 aliphatic heterocycles. The average molecular weight is 338 g/mol. The van der Waals surface area contributed by atoms with E-state index >= 15 is 0 Å². The Kier molecular flexibility index (Phi) is 5.33. The Balaban J connectivity index is 1.76. The molecule has 0 aliphatic carbocycles. The minimum absolute atomic E-state index is 0.0352. The van der Waals surface area contributed by atoms with Crippen molar-refractivity contribution in [3.05, 3.63) is 77.6 Å². The van der Waals surface area contributed by atoms with Gasteiger partial charge in [-0.15, -0.1) is 6.58 Å². The number of ether oxygens (including phenoxy) is 1. The van der Waals surface area contributed by atoms with Gasteiger partial charge >= 0.3 is 0 Å². The van der Waals surface area contributed by atoms with Gasteiger partial charge in [0.2, 0.25) is 0 Å². The molecule has 4 nitrogen and oxygen atoms in total. The van der Waals surface area contributed by atoms with Crippen molar-refractivity contribution in [2.75, 3.05) is 12.4 Å². The standard InChI is InChI=1S/C19H18N2O2S/c1-2-12-21-18(22)16-10-6-7-11-17(16)20-19(21)24-14-13-23-15-8-4-3-5-9-15/h2-11H,1,12-14H2. The van der Waals surface area contributed by atoms with Crippen LogP contribution in [0.5, 0.6) is 5.75 Å². The summed E-state index contributed by atoms with van der Waals surface area (Å²) >= 11 is 1.51. The van der Waals surface area contributed by atoms with Gasteiger partial charge in [0.05, 0.1) is 17.5 Å². The van der Waals surface area contributed by atoms with Gasteiger partial charge in [-0.25, -0.2) is 4.98 Å². The fourth-order valence-electron chi connectivity index (χ4n) is 2.36. The highest BCUT2D eigenvalue weighted by Gasteiger charge is 2.10. The molecular formula is C19H18N2O2S. The zero-order chi connectivity index (χ0) is 16.8. The van der Waals surface area contributed by atoms with Crippen molar-refractivity contribution in [2.24, 2.45) is 0 Å². The Labute approximate surface area is 144 Å². The van der Waals surface area contributed by atoms with Crippen molar-refractivity contribution in [1.82, 2.24) is 9.55 Å². The number of para-hydroxylation sites is 2. The van der Waals surface area contributed by atoms with Gasteiger partial charge in [0, 0.05) is 12.3 Å². The van der Waals surface area contributed by atoms with Crippen LogP contribution in [0.25, 0.3) is 10.9 Å². The van der Waals surface area contributed by atoms with Crippen LogP contribution >= 0.6 is 11.8 Å². The zero-order valence-electron chi connectivity index (χ0n) is 13.2. The molecule has 0 N–H and O–H groups in total. The van der Waals surface area contributed by atoms with Crippen molar-refractivity contribution in [1.29, 1.82) is 0 Å². The summed E-state index contributed by atoms with van der Waals surface area (Å²) in [5, 5.41) is 1.32. The quantitative estimate of drug-likeness (QED) is 0.285. The van der Waals surface area contributed by atoms with E-state index in [1.165, 1.54) is 11.8 Å². The van der Waals surface area contributed by atoms with Gasteiger partial charge in [0.15, 0.2) is 5.16 Å². The SMILES string of the molecule is C=CCn1c(SCCOc2ccccc2)nc2ccccc2c1=O. The predicted molar refractivity (Wildman–Crippen MR) is 98.9 cm³/mol. The van der Waals surface area contributed by atoms with E-state index in [4.69, 9.17) is 4.74 Å². The number of rotatable bonds is 7. The Morgan fingerprint density at radius 1 is 1.12 bits per heavy atom. The lowest BCUT2D eigenvalue weighted by molar-refractivity contribution is 0.344. The summed E-state index contributed by atoms with van der Waals surface area (Å²) in [5.41, 5.74) is 0.682. The van der Waals surface area contributed by atoms with Crippen LogP contribution in [0, 0.1) is 0 Å². The summed E-state index contributed by atoms with van der Waals surface area (Å²) < 4.78 is 7.34.